The maximum atomic E-state index is 9.41. The summed E-state index contributed by atoms with van der Waals surface area (Å²) in [4.78, 5) is 17.1. The summed E-state index contributed by atoms with van der Waals surface area (Å²) < 4.78 is 0. The summed E-state index contributed by atoms with van der Waals surface area (Å²) in [7, 11) is 0. The molecule has 4 aromatic rings. The molecule has 30 heavy (non-hydrogen) atoms. The lowest BCUT2D eigenvalue weighted by atomic mass is 9.99. The SMILES string of the molecule is C#Cc1nc2c3cc(C#N)c(C#N)cc3c3nc(C#N)c(C#N)nc3c2nc1C#N. The molecule has 0 aliphatic carbocycles. The van der Waals surface area contributed by atoms with Crippen molar-refractivity contribution in [1.82, 2.24) is 19.9 Å². The van der Waals surface area contributed by atoms with Gasteiger partial charge in [0, 0.05) is 10.8 Å². The summed E-state index contributed by atoms with van der Waals surface area (Å²) in [6.07, 6.45) is 5.45. The lowest BCUT2D eigenvalue weighted by Crippen LogP contribution is -2.02. The Morgan fingerprint density at radius 3 is 1.27 bits per heavy atom. The van der Waals surface area contributed by atoms with Crippen molar-refractivity contribution in [3.63, 3.8) is 0 Å². The predicted octanol–water partition coefficient (Wildman–Crippen LogP) is 2.07. The molecule has 0 amide bonds. The summed E-state index contributed by atoms with van der Waals surface area (Å²) in [5.74, 6) is 2.30. The van der Waals surface area contributed by atoms with E-state index in [4.69, 9.17) is 6.42 Å². The van der Waals surface area contributed by atoms with Crippen molar-refractivity contribution in [1.29, 1.82) is 26.3 Å². The fraction of sp³-hybridized carbons (Fsp3) is 0. The maximum absolute atomic E-state index is 9.41. The van der Waals surface area contributed by atoms with Crippen molar-refractivity contribution in [2.75, 3.05) is 0 Å². The third-order valence-electron chi connectivity index (χ3n) is 4.38. The van der Waals surface area contributed by atoms with Crippen LogP contribution in [0, 0.1) is 69.0 Å². The molecule has 2 aromatic carbocycles. The Labute approximate surface area is 168 Å². The Morgan fingerprint density at radius 2 is 0.900 bits per heavy atom. The Hall–Kier alpha value is -5.61. The van der Waals surface area contributed by atoms with Crippen molar-refractivity contribution in [3.8, 4) is 42.7 Å². The zero-order valence-corrected chi connectivity index (χ0v) is 14.8. The monoisotopic (exact) mass is 381 g/mol. The molecule has 9 nitrogen and oxygen atoms in total. The third kappa shape index (κ3) is 2.32. The molecule has 0 aliphatic heterocycles. The van der Waals surface area contributed by atoms with Crippen LogP contribution in [0.3, 0.4) is 0 Å². The van der Waals surface area contributed by atoms with Crippen molar-refractivity contribution in [2.45, 2.75) is 0 Å². The minimum Gasteiger partial charge on any atom is -0.234 e. The number of aromatic nitrogens is 4. The molecule has 0 N–H and O–H groups in total. The molecule has 0 saturated heterocycles. The number of hydrogen-bond acceptors (Lipinski definition) is 9. The van der Waals surface area contributed by atoms with Crippen molar-refractivity contribution in [2.24, 2.45) is 0 Å². The molecule has 0 unspecified atom stereocenters. The number of nitriles is 5. The van der Waals surface area contributed by atoms with Gasteiger partial charge in [0.2, 0.25) is 0 Å². The van der Waals surface area contributed by atoms with Gasteiger partial charge in [0.05, 0.1) is 11.1 Å². The van der Waals surface area contributed by atoms with Gasteiger partial charge < -0.3 is 0 Å². The van der Waals surface area contributed by atoms with Gasteiger partial charge in [0.1, 0.15) is 58.1 Å². The second-order valence-corrected chi connectivity index (χ2v) is 5.88. The highest BCUT2D eigenvalue weighted by Gasteiger charge is 2.20. The quantitative estimate of drug-likeness (QED) is 0.326. The number of hydrogen-bond donors (Lipinski definition) is 0. The number of benzene rings is 2. The van der Waals surface area contributed by atoms with Gasteiger partial charge in [-0.15, -0.1) is 6.42 Å². The summed E-state index contributed by atoms with van der Waals surface area (Å²) in [5.41, 5.74) is 0.303. The fourth-order valence-corrected chi connectivity index (χ4v) is 3.09. The zero-order chi connectivity index (χ0) is 21.4. The van der Waals surface area contributed by atoms with E-state index in [0.717, 1.165) is 0 Å². The average molecular weight is 381 g/mol. The van der Waals surface area contributed by atoms with Gasteiger partial charge in [-0.2, -0.15) is 26.3 Å². The topological polar surface area (TPSA) is 171 Å². The molecule has 0 fully saturated rings. The van der Waals surface area contributed by atoms with E-state index < -0.39 is 0 Å². The van der Waals surface area contributed by atoms with Gasteiger partial charge in [-0.1, -0.05) is 0 Å². The number of fused-ring (bicyclic) bond motifs is 6. The van der Waals surface area contributed by atoms with Crippen molar-refractivity contribution >= 4 is 32.8 Å². The molecular weight excluding hydrogens is 378 g/mol. The molecule has 132 valence electrons. The van der Waals surface area contributed by atoms with E-state index in [1.807, 2.05) is 24.3 Å². The Balaban J connectivity index is 2.42. The first-order chi connectivity index (χ1) is 14.6. The normalized spacial score (nSPS) is 9.80. The molecule has 0 atom stereocenters. The molecule has 0 aliphatic rings. The molecule has 2 heterocycles. The minimum absolute atomic E-state index is 0.00405. The van der Waals surface area contributed by atoms with E-state index in [0.29, 0.717) is 10.8 Å². The van der Waals surface area contributed by atoms with Crippen molar-refractivity contribution < 1.29 is 0 Å². The summed E-state index contributed by atoms with van der Waals surface area (Å²) in [6.45, 7) is 0. The molecule has 4 rings (SSSR count). The highest BCUT2D eigenvalue weighted by atomic mass is 14.9. The largest absolute Gasteiger partial charge is 0.234 e. The van der Waals surface area contributed by atoms with Crippen LogP contribution in [0.25, 0.3) is 32.8 Å². The van der Waals surface area contributed by atoms with Crippen LogP contribution in [0.15, 0.2) is 12.1 Å². The molecule has 0 radical (unpaired) electrons. The Morgan fingerprint density at radius 1 is 0.533 bits per heavy atom. The standard InChI is InChI=1S/C21H3N9/c1-2-14-15(7-24)29-20-18(27-14)12-3-10(5-22)11(6-23)4-13(12)19-21(20)30-17(9-26)16(8-25)28-19/h1,3-4H. The Bertz CT molecular complexity index is 1350. The van der Waals surface area contributed by atoms with E-state index in [2.05, 4.69) is 25.9 Å². The summed E-state index contributed by atoms with van der Waals surface area (Å²) >= 11 is 0. The lowest BCUT2D eigenvalue weighted by Gasteiger charge is -2.10. The maximum Gasteiger partial charge on any atom is 0.177 e. The van der Waals surface area contributed by atoms with E-state index in [1.54, 1.807) is 6.07 Å². The van der Waals surface area contributed by atoms with Crippen molar-refractivity contribution in [3.05, 3.63) is 46.0 Å². The Kier molecular flexibility index (Phi) is 3.87. The van der Waals surface area contributed by atoms with Crippen LogP contribution < -0.4 is 0 Å². The van der Waals surface area contributed by atoms with E-state index in [-0.39, 0.29) is 56.0 Å². The first-order valence-corrected chi connectivity index (χ1v) is 8.10. The predicted molar refractivity (Wildman–Crippen MR) is 102 cm³/mol. The minimum atomic E-state index is -0.221. The van der Waals surface area contributed by atoms with Gasteiger partial charge in [0.25, 0.3) is 0 Å². The molecule has 9 heteroatoms. The highest BCUT2D eigenvalue weighted by Crippen LogP contribution is 2.34. The number of nitrogens with zero attached hydrogens (tertiary/aromatic N) is 9. The molecular formula is C21H3N9. The van der Waals surface area contributed by atoms with Crippen LogP contribution in [-0.2, 0) is 0 Å². The van der Waals surface area contributed by atoms with Crippen LogP contribution in [0.2, 0.25) is 0 Å². The third-order valence-corrected chi connectivity index (χ3v) is 4.38. The lowest BCUT2D eigenvalue weighted by molar-refractivity contribution is 1.18. The average Bonchev–Trinajstić information content (AvgIpc) is 2.81. The van der Waals surface area contributed by atoms with Crippen LogP contribution in [0.5, 0.6) is 0 Å². The van der Waals surface area contributed by atoms with Crippen LogP contribution in [0.1, 0.15) is 33.9 Å². The smallest absolute Gasteiger partial charge is 0.177 e. The van der Waals surface area contributed by atoms with E-state index in [9.17, 15) is 26.3 Å². The van der Waals surface area contributed by atoms with Gasteiger partial charge >= 0.3 is 0 Å². The van der Waals surface area contributed by atoms with E-state index >= 15 is 0 Å². The first-order valence-electron chi connectivity index (χ1n) is 8.10. The summed E-state index contributed by atoms with van der Waals surface area (Å²) in [6, 6.07) is 12.3. The second-order valence-electron chi connectivity index (χ2n) is 5.88. The number of terminal acetylenes is 1. The first kappa shape index (κ1) is 17.8. The zero-order valence-electron chi connectivity index (χ0n) is 14.8. The van der Waals surface area contributed by atoms with E-state index in [1.165, 1.54) is 12.1 Å². The van der Waals surface area contributed by atoms with Gasteiger partial charge in [0.15, 0.2) is 17.1 Å². The van der Waals surface area contributed by atoms with Crippen LogP contribution >= 0.6 is 0 Å². The molecule has 0 bridgehead atoms. The molecule has 2 aromatic heterocycles. The number of rotatable bonds is 0. The van der Waals surface area contributed by atoms with Gasteiger partial charge in [-0.25, -0.2) is 19.9 Å². The highest BCUT2D eigenvalue weighted by molar-refractivity contribution is 6.21. The van der Waals surface area contributed by atoms with Crippen LogP contribution in [-0.4, -0.2) is 19.9 Å². The van der Waals surface area contributed by atoms with Gasteiger partial charge in [-0.05, 0) is 18.1 Å². The van der Waals surface area contributed by atoms with Crippen LogP contribution in [0.4, 0.5) is 0 Å². The fourth-order valence-electron chi connectivity index (χ4n) is 3.09. The summed E-state index contributed by atoms with van der Waals surface area (Å²) in [5, 5.41) is 47.6. The molecule has 0 spiro atoms. The second kappa shape index (κ2) is 6.53. The molecule has 0 saturated carbocycles. The van der Waals surface area contributed by atoms with Gasteiger partial charge in [-0.3, -0.25) is 0 Å².